The van der Waals surface area contributed by atoms with E-state index in [9.17, 15) is 4.39 Å². The Morgan fingerprint density at radius 1 is 1.08 bits per heavy atom. The standard InChI is InChI=1S/C12H14F/c13-12-7-5-11(6-8-12)9-10-3-1-2-4-10/h5-10H,1-4H2. The van der Waals surface area contributed by atoms with Crippen molar-refractivity contribution in [2.75, 3.05) is 0 Å². The first kappa shape index (κ1) is 8.74. The highest BCUT2D eigenvalue weighted by molar-refractivity contribution is 5.24. The van der Waals surface area contributed by atoms with Gasteiger partial charge in [0.05, 0.1) is 0 Å². The second-order valence-electron chi connectivity index (χ2n) is 3.76. The molecule has 0 aromatic heterocycles. The zero-order valence-corrected chi connectivity index (χ0v) is 7.67. The Bertz CT molecular complexity index is 257. The predicted octanol–water partition coefficient (Wildman–Crippen LogP) is 3.57. The quantitative estimate of drug-likeness (QED) is 0.647. The summed E-state index contributed by atoms with van der Waals surface area (Å²) in [5.41, 5.74) is 1.16. The molecule has 2 rings (SSSR count). The highest BCUT2D eigenvalue weighted by Gasteiger charge is 2.15. The van der Waals surface area contributed by atoms with Crippen LogP contribution in [0.1, 0.15) is 31.2 Å². The summed E-state index contributed by atoms with van der Waals surface area (Å²) in [4.78, 5) is 0. The molecule has 0 spiro atoms. The maximum atomic E-state index is 12.6. The molecule has 1 aliphatic carbocycles. The van der Waals surface area contributed by atoms with Crippen molar-refractivity contribution < 1.29 is 4.39 Å². The van der Waals surface area contributed by atoms with Crippen molar-refractivity contribution in [1.29, 1.82) is 0 Å². The Balaban J connectivity index is 1.97. The molecule has 0 saturated heterocycles. The lowest BCUT2D eigenvalue weighted by Crippen LogP contribution is -1.95. The van der Waals surface area contributed by atoms with E-state index in [2.05, 4.69) is 6.42 Å². The van der Waals surface area contributed by atoms with E-state index in [0.717, 1.165) is 11.5 Å². The van der Waals surface area contributed by atoms with Crippen molar-refractivity contribution in [2.24, 2.45) is 5.92 Å². The average molecular weight is 177 g/mol. The van der Waals surface area contributed by atoms with Crippen molar-refractivity contribution in [3.63, 3.8) is 0 Å². The number of hydrogen-bond acceptors (Lipinski definition) is 0. The van der Waals surface area contributed by atoms with Gasteiger partial charge in [0.15, 0.2) is 0 Å². The first-order chi connectivity index (χ1) is 6.34. The fraction of sp³-hybridized carbons (Fsp3) is 0.417. The van der Waals surface area contributed by atoms with E-state index < -0.39 is 0 Å². The lowest BCUT2D eigenvalue weighted by Gasteiger charge is -2.07. The van der Waals surface area contributed by atoms with Crippen molar-refractivity contribution in [2.45, 2.75) is 25.7 Å². The number of benzene rings is 1. The molecule has 0 heterocycles. The molecule has 0 aliphatic heterocycles. The molecule has 1 aromatic rings. The van der Waals surface area contributed by atoms with Crippen molar-refractivity contribution in [1.82, 2.24) is 0 Å². The van der Waals surface area contributed by atoms with E-state index in [1.807, 2.05) is 12.1 Å². The SMILES string of the molecule is Fc1ccc([CH]C2CCCC2)cc1. The summed E-state index contributed by atoms with van der Waals surface area (Å²) < 4.78 is 12.6. The minimum Gasteiger partial charge on any atom is -0.207 e. The van der Waals surface area contributed by atoms with Crippen LogP contribution in [0.3, 0.4) is 0 Å². The van der Waals surface area contributed by atoms with Crippen molar-refractivity contribution in [3.05, 3.63) is 42.1 Å². The van der Waals surface area contributed by atoms with Crippen LogP contribution < -0.4 is 0 Å². The smallest absolute Gasteiger partial charge is 0.123 e. The van der Waals surface area contributed by atoms with Gasteiger partial charge < -0.3 is 0 Å². The summed E-state index contributed by atoms with van der Waals surface area (Å²) in [6, 6.07) is 6.77. The Hall–Kier alpha value is -0.850. The molecule has 0 atom stereocenters. The van der Waals surface area contributed by atoms with E-state index in [-0.39, 0.29) is 5.82 Å². The normalized spacial score (nSPS) is 17.9. The second-order valence-corrected chi connectivity index (χ2v) is 3.76. The lowest BCUT2D eigenvalue weighted by molar-refractivity contribution is 0.624. The molecule has 1 heteroatoms. The molecular weight excluding hydrogens is 163 g/mol. The summed E-state index contributed by atoms with van der Waals surface area (Å²) in [5, 5.41) is 0. The molecule has 1 aliphatic rings. The van der Waals surface area contributed by atoms with Gasteiger partial charge in [-0.3, -0.25) is 0 Å². The lowest BCUT2D eigenvalue weighted by atomic mass is 9.98. The fourth-order valence-corrected chi connectivity index (χ4v) is 1.97. The zero-order chi connectivity index (χ0) is 9.10. The van der Waals surface area contributed by atoms with E-state index in [0.29, 0.717) is 0 Å². The Labute approximate surface area is 78.8 Å². The van der Waals surface area contributed by atoms with Gasteiger partial charge in [-0.25, -0.2) is 4.39 Å². The van der Waals surface area contributed by atoms with Gasteiger partial charge in [0.25, 0.3) is 0 Å². The van der Waals surface area contributed by atoms with Crippen LogP contribution in [0, 0.1) is 18.2 Å². The van der Waals surface area contributed by atoms with Crippen LogP contribution in [0.25, 0.3) is 0 Å². The van der Waals surface area contributed by atoms with Gasteiger partial charge in [-0.1, -0.05) is 25.0 Å². The van der Waals surface area contributed by atoms with Gasteiger partial charge in [0.1, 0.15) is 5.82 Å². The van der Waals surface area contributed by atoms with Crippen LogP contribution in [0.15, 0.2) is 24.3 Å². The molecule has 0 bridgehead atoms. The van der Waals surface area contributed by atoms with Crippen LogP contribution >= 0.6 is 0 Å². The van der Waals surface area contributed by atoms with Gasteiger partial charge in [-0.05, 0) is 42.9 Å². The van der Waals surface area contributed by atoms with E-state index in [1.54, 1.807) is 0 Å². The van der Waals surface area contributed by atoms with Gasteiger partial charge >= 0.3 is 0 Å². The predicted molar refractivity (Wildman–Crippen MR) is 51.8 cm³/mol. The monoisotopic (exact) mass is 177 g/mol. The molecule has 1 fully saturated rings. The largest absolute Gasteiger partial charge is 0.207 e. The van der Waals surface area contributed by atoms with Gasteiger partial charge in [-0.2, -0.15) is 0 Å². The number of hydrogen-bond donors (Lipinski definition) is 0. The Kier molecular flexibility index (Phi) is 2.62. The van der Waals surface area contributed by atoms with Crippen LogP contribution in [-0.2, 0) is 0 Å². The maximum absolute atomic E-state index is 12.6. The Morgan fingerprint density at radius 2 is 1.69 bits per heavy atom. The molecular formula is C12H14F. The fourth-order valence-electron chi connectivity index (χ4n) is 1.97. The topological polar surface area (TPSA) is 0 Å². The highest BCUT2D eigenvalue weighted by Crippen LogP contribution is 2.29. The van der Waals surface area contributed by atoms with E-state index in [1.165, 1.54) is 37.8 Å². The number of rotatable bonds is 2. The van der Waals surface area contributed by atoms with Gasteiger partial charge in [-0.15, -0.1) is 0 Å². The van der Waals surface area contributed by atoms with Crippen molar-refractivity contribution >= 4 is 0 Å². The maximum Gasteiger partial charge on any atom is 0.123 e. The van der Waals surface area contributed by atoms with Crippen LogP contribution in [-0.4, -0.2) is 0 Å². The molecule has 1 saturated carbocycles. The van der Waals surface area contributed by atoms with Gasteiger partial charge in [0.2, 0.25) is 0 Å². The summed E-state index contributed by atoms with van der Waals surface area (Å²) in [7, 11) is 0. The molecule has 13 heavy (non-hydrogen) atoms. The van der Waals surface area contributed by atoms with Crippen LogP contribution in [0.4, 0.5) is 4.39 Å². The first-order valence-electron chi connectivity index (χ1n) is 4.95. The summed E-state index contributed by atoms with van der Waals surface area (Å²) >= 11 is 0. The first-order valence-corrected chi connectivity index (χ1v) is 4.95. The Morgan fingerprint density at radius 3 is 2.31 bits per heavy atom. The third-order valence-electron chi connectivity index (χ3n) is 2.70. The minimum atomic E-state index is -0.149. The molecule has 0 N–H and O–H groups in total. The third kappa shape index (κ3) is 2.30. The molecule has 0 amide bonds. The minimum absolute atomic E-state index is 0.149. The number of halogens is 1. The molecule has 1 radical (unpaired) electrons. The second kappa shape index (κ2) is 3.91. The van der Waals surface area contributed by atoms with Crippen molar-refractivity contribution in [3.8, 4) is 0 Å². The molecule has 69 valence electrons. The van der Waals surface area contributed by atoms with Crippen LogP contribution in [0.5, 0.6) is 0 Å². The zero-order valence-electron chi connectivity index (χ0n) is 7.67. The summed E-state index contributed by atoms with van der Waals surface area (Å²) in [6.45, 7) is 0. The van der Waals surface area contributed by atoms with Gasteiger partial charge in [0, 0.05) is 0 Å². The van der Waals surface area contributed by atoms with Crippen LogP contribution in [0.2, 0.25) is 0 Å². The van der Waals surface area contributed by atoms with E-state index >= 15 is 0 Å². The average Bonchev–Trinajstić information content (AvgIpc) is 2.62. The molecule has 0 nitrogen and oxygen atoms in total. The molecule has 1 aromatic carbocycles. The molecule has 0 unspecified atom stereocenters. The van der Waals surface area contributed by atoms with E-state index in [4.69, 9.17) is 0 Å². The third-order valence-corrected chi connectivity index (χ3v) is 2.70. The summed E-state index contributed by atoms with van der Waals surface area (Å²) in [5.74, 6) is 0.578. The highest BCUT2D eigenvalue weighted by atomic mass is 19.1. The summed E-state index contributed by atoms with van der Waals surface area (Å²) in [6.07, 6.45) is 7.58.